The van der Waals surface area contributed by atoms with E-state index < -0.39 is 12.1 Å². The number of carbonyl (C=O) groups is 2. The molecule has 0 spiro atoms. The third kappa shape index (κ3) is 3.87. The van der Waals surface area contributed by atoms with Gasteiger partial charge in [0.1, 0.15) is 6.61 Å². The lowest BCUT2D eigenvalue weighted by Crippen LogP contribution is -2.42. The Balaban J connectivity index is 1.44. The fourth-order valence-corrected chi connectivity index (χ4v) is 5.52. The van der Waals surface area contributed by atoms with Crippen LogP contribution in [0.3, 0.4) is 0 Å². The SMILES string of the molecule is O=C(O)CC(NC(=O)OCC1c2ccccc2-c2ccccc21)C1CCSC1. The van der Waals surface area contributed by atoms with Gasteiger partial charge in [-0.2, -0.15) is 11.8 Å². The van der Waals surface area contributed by atoms with E-state index in [9.17, 15) is 14.7 Å². The minimum Gasteiger partial charge on any atom is -0.481 e. The molecule has 1 aliphatic heterocycles. The van der Waals surface area contributed by atoms with Crippen molar-refractivity contribution in [3.63, 3.8) is 0 Å². The Kier molecular flexibility index (Phi) is 5.57. The van der Waals surface area contributed by atoms with Crippen molar-refractivity contribution < 1.29 is 19.4 Å². The number of amides is 1. The summed E-state index contributed by atoms with van der Waals surface area (Å²) in [4.78, 5) is 23.6. The van der Waals surface area contributed by atoms with Crippen LogP contribution in [-0.4, -0.2) is 41.3 Å². The molecule has 28 heavy (non-hydrogen) atoms. The Morgan fingerprint density at radius 3 is 2.32 bits per heavy atom. The minimum atomic E-state index is -0.902. The number of fused-ring (bicyclic) bond motifs is 3. The van der Waals surface area contributed by atoms with Crippen LogP contribution in [0.4, 0.5) is 4.79 Å². The summed E-state index contributed by atoms with van der Waals surface area (Å²) in [5.41, 5.74) is 4.68. The van der Waals surface area contributed by atoms with Crippen molar-refractivity contribution in [2.24, 2.45) is 5.92 Å². The Morgan fingerprint density at radius 1 is 1.11 bits per heavy atom. The highest BCUT2D eigenvalue weighted by Crippen LogP contribution is 2.44. The lowest BCUT2D eigenvalue weighted by atomic mass is 9.96. The van der Waals surface area contributed by atoms with Gasteiger partial charge in [-0.1, -0.05) is 48.5 Å². The molecule has 4 rings (SSSR count). The molecule has 1 fully saturated rings. The first kappa shape index (κ1) is 18.9. The molecule has 0 saturated carbocycles. The number of hydrogen-bond acceptors (Lipinski definition) is 4. The summed E-state index contributed by atoms with van der Waals surface area (Å²) >= 11 is 1.80. The number of carbonyl (C=O) groups excluding carboxylic acids is 1. The van der Waals surface area contributed by atoms with Crippen molar-refractivity contribution >= 4 is 23.8 Å². The third-order valence-electron chi connectivity index (χ3n) is 5.58. The molecular formula is C22H23NO4S. The molecule has 2 aliphatic rings. The van der Waals surface area contributed by atoms with Crippen LogP contribution in [0.2, 0.25) is 0 Å². The van der Waals surface area contributed by atoms with E-state index in [0.29, 0.717) is 0 Å². The molecule has 146 valence electrons. The molecule has 0 bridgehead atoms. The van der Waals surface area contributed by atoms with Crippen LogP contribution in [0, 0.1) is 5.92 Å². The zero-order valence-electron chi connectivity index (χ0n) is 15.5. The molecule has 0 radical (unpaired) electrons. The number of carboxylic acid groups (broad SMARTS) is 1. The zero-order chi connectivity index (χ0) is 19.5. The number of hydrogen-bond donors (Lipinski definition) is 2. The lowest BCUT2D eigenvalue weighted by Gasteiger charge is -2.23. The summed E-state index contributed by atoms with van der Waals surface area (Å²) in [6, 6.07) is 16.0. The van der Waals surface area contributed by atoms with Gasteiger partial charge in [0.05, 0.1) is 6.42 Å². The van der Waals surface area contributed by atoms with E-state index >= 15 is 0 Å². The second-order valence-corrected chi connectivity index (χ2v) is 8.45. The molecule has 2 aromatic rings. The minimum absolute atomic E-state index is 0.00175. The highest BCUT2D eigenvalue weighted by Gasteiger charge is 2.31. The molecule has 2 unspecified atom stereocenters. The molecule has 1 saturated heterocycles. The molecule has 5 nitrogen and oxygen atoms in total. The normalized spacial score (nSPS) is 18.9. The van der Waals surface area contributed by atoms with Crippen LogP contribution >= 0.6 is 11.8 Å². The Morgan fingerprint density at radius 2 is 1.75 bits per heavy atom. The summed E-state index contributed by atoms with van der Waals surface area (Å²) in [5.74, 6) is 1.16. The smallest absolute Gasteiger partial charge is 0.407 e. The zero-order valence-corrected chi connectivity index (χ0v) is 16.3. The van der Waals surface area contributed by atoms with Gasteiger partial charge in [0.25, 0.3) is 0 Å². The van der Waals surface area contributed by atoms with E-state index in [-0.39, 0.29) is 30.9 Å². The van der Waals surface area contributed by atoms with Crippen LogP contribution in [0.5, 0.6) is 0 Å². The first-order chi connectivity index (χ1) is 13.6. The number of ether oxygens (including phenoxy) is 1. The number of rotatable bonds is 6. The van der Waals surface area contributed by atoms with E-state index in [0.717, 1.165) is 29.1 Å². The number of aliphatic carboxylic acids is 1. The molecule has 6 heteroatoms. The first-order valence-corrected chi connectivity index (χ1v) is 10.7. The summed E-state index contributed by atoms with van der Waals surface area (Å²) in [5, 5.41) is 12.0. The molecule has 0 aromatic heterocycles. The molecule has 1 heterocycles. The number of alkyl carbamates (subject to hydrolysis) is 1. The van der Waals surface area contributed by atoms with Gasteiger partial charge >= 0.3 is 12.1 Å². The van der Waals surface area contributed by atoms with E-state index in [4.69, 9.17) is 4.74 Å². The quantitative estimate of drug-likeness (QED) is 0.767. The molecule has 2 atom stereocenters. The van der Waals surface area contributed by atoms with Crippen LogP contribution in [0.1, 0.15) is 29.9 Å². The molecule has 2 N–H and O–H groups in total. The maximum absolute atomic E-state index is 12.4. The Bertz CT molecular complexity index is 833. The van der Waals surface area contributed by atoms with E-state index in [1.807, 2.05) is 24.3 Å². The average Bonchev–Trinajstić information content (AvgIpc) is 3.32. The van der Waals surface area contributed by atoms with Crippen molar-refractivity contribution in [3.05, 3.63) is 59.7 Å². The predicted octanol–water partition coefficient (Wildman–Crippen LogP) is 4.12. The van der Waals surface area contributed by atoms with Crippen molar-refractivity contribution in [2.75, 3.05) is 18.1 Å². The Labute approximate surface area is 168 Å². The van der Waals surface area contributed by atoms with E-state index in [1.54, 1.807) is 11.8 Å². The van der Waals surface area contributed by atoms with Crippen molar-refractivity contribution in [2.45, 2.75) is 24.8 Å². The van der Waals surface area contributed by atoms with Crippen molar-refractivity contribution in [3.8, 4) is 11.1 Å². The standard InChI is InChI=1S/C22H23NO4S/c24-21(25)11-20(14-9-10-28-13-14)23-22(26)27-12-19-17-7-3-1-5-15(17)16-6-2-4-8-18(16)19/h1-8,14,19-20H,9-13H2,(H,23,26)(H,24,25). The van der Waals surface area contributed by atoms with Crippen LogP contribution in [0.15, 0.2) is 48.5 Å². The van der Waals surface area contributed by atoms with Gasteiger partial charge in [0, 0.05) is 12.0 Å². The van der Waals surface area contributed by atoms with Crippen LogP contribution in [0.25, 0.3) is 11.1 Å². The third-order valence-corrected chi connectivity index (χ3v) is 6.76. The predicted molar refractivity (Wildman–Crippen MR) is 110 cm³/mol. The number of thioether (sulfide) groups is 1. The summed E-state index contributed by atoms with van der Waals surface area (Å²) in [6.07, 6.45) is 0.312. The van der Waals surface area contributed by atoms with E-state index in [1.165, 1.54) is 11.1 Å². The second-order valence-electron chi connectivity index (χ2n) is 7.30. The average molecular weight is 397 g/mol. The lowest BCUT2D eigenvalue weighted by molar-refractivity contribution is -0.137. The van der Waals surface area contributed by atoms with Gasteiger partial charge in [-0.15, -0.1) is 0 Å². The largest absolute Gasteiger partial charge is 0.481 e. The maximum Gasteiger partial charge on any atom is 0.407 e. The molecule has 1 amide bonds. The van der Waals surface area contributed by atoms with Crippen molar-refractivity contribution in [1.82, 2.24) is 5.32 Å². The molecule has 2 aromatic carbocycles. The van der Waals surface area contributed by atoms with Gasteiger partial charge in [0.15, 0.2) is 0 Å². The molecular weight excluding hydrogens is 374 g/mol. The van der Waals surface area contributed by atoms with Crippen LogP contribution in [-0.2, 0) is 9.53 Å². The second kappa shape index (κ2) is 8.27. The van der Waals surface area contributed by atoms with Crippen molar-refractivity contribution in [1.29, 1.82) is 0 Å². The summed E-state index contributed by atoms with van der Waals surface area (Å²) < 4.78 is 5.56. The topological polar surface area (TPSA) is 75.6 Å². The summed E-state index contributed by atoms with van der Waals surface area (Å²) in [6.45, 7) is 0.235. The highest BCUT2D eigenvalue weighted by molar-refractivity contribution is 7.99. The fourth-order valence-electron chi connectivity index (χ4n) is 4.19. The van der Waals surface area contributed by atoms with Gasteiger partial charge in [0.2, 0.25) is 0 Å². The fraction of sp³-hybridized carbons (Fsp3) is 0.364. The van der Waals surface area contributed by atoms with Gasteiger partial charge in [-0.05, 0) is 46.1 Å². The van der Waals surface area contributed by atoms with Gasteiger partial charge in [-0.25, -0.2) is 4.79 Å². The number of nitrogens with one attached hydrogen (secondary N) is 1. The number of benzene rings is 2. The first-order valence-electron chi connectivity index (χ1n) is 9.54. The molecule has 1 aliphatic carbocycles. The number of carboxylic acids is 1. The maximum atomic E-state index is 12.4. The highest BCUT2D eigenvalue weighted by atomic mass is 32.2. The summed E-state index contributed by atoms with van der Waals surface area (Å²) in [7, 11) is 0. The van der Waals surface area contributed by atoms with E-state index in [2.05, 4.69) is 29.6 Å². The monoisotopic (exact) mass is 397 g/mol. The van der Waals surface area contributed by atoms with Gasteiger partial charge < -0.3 is 15.2 Å². The van der Waals surface area contributed by atoms with Crippen LogP contribution < -0.4 is 5.32 Å². The Hall–Kier alpha value is -2.47. The van der Waals surface area contributed by atoms with Gasteiger partial charge in [-0.3, -0.25) is 4.79 Å².